The fraction of sp³-hybridized carbons (Fsp3) is 0.333. The molecule has 0 fully saturated rings. The molecule has 1 rings (SSSR count). The van der Waals surface area contributed by atoms with Gasteiger partial charge >= 0.3 is 5.91 Å². The van der Waals surface area contributed by atoms with Gasteiger partial charge in [-0.1, -0.05) is 12.1 Å². The molecule has 1 aromatic rings. The van der Waals surface area contributed by atoms with Gasteiger partial charge in [-0.2, -0.15) is 5.26 Å². The van der Waals surface area contributed by atoms with E-state index in [-0.39, 0.29) is 0 Å². The average Bonchev–Trinajstić information content (AvgIpc) is 2.28. The highest BCUT2D eigenvalue weighted by Gasteiger charge is 2.08. The van der Waals surface area contributed by atoms with Crippen LogP contribution in [0.25, 0.3) is 0 Å². The molecule has 1 aromatic carbocycles. The molecule has 0 N–H and O–H groups in total. The van der Waals surface area contributed by atoms with Crippen molar-refractivity contribution in [2.24, 2.45) is 0 Å². The van der Waals surface area contributed by atoms with E-state index >= 15 is 0 Å². The second-order valence-corrected chi connectivity index (χ2v) is 3.58. The van der Waals surface area contributed by atoms with Gasteiger partial charge in [0.05, 0.1) is 7.11 Å². The summed E-state index contributed by atoms with van der Waals surface area (Å²) in [5, 5.41) is 8.46. The molecule has 0 aromatic heterocycles. The van der Waals surface area contributed by atoms with Gasteiger partial charge in [0.1, 0.15) is 5.75 Å². The summed E-state index contributed by atoms with van der Waals surface area (Å²) in [4.78, 5) is 12.4. The Labute approximate surface area is 95.0 Å². The van der Waals surface area contributed by atoms with Crippen LogP contribution in [-0.4, -0.2) is 25.0 Å². The van der Waals surface area contributed by atoms with Gasteiger partial charge in [-0.15, -0.1) is 0 Å². The standard InChI is InChI=1S/C12H14N2O2/c1-9-6-10(4-5-11(9)16-3)8-14(2)12(15)7-13/h4-6H,8H2,1-3H3. The Balaban J connectivity index is 2.80. The van der Waals surface area contributed by atoms with Crippen molar-refractivity contribution in [3.05, 3.63) is 29.3 Å². The Morgan fingerprint density at radius 1 is 1.56 bits per heavy atom. The second kappa shape index (κ2) is 5.17. The van der Waals surface area contributed by atoms with Crippen molar-refractivity contribution in [1.82, 2.24) is 4.90 Å². The lowest BCUT2D eigenvalue weighted by molar-refractivity contribution is -0.124. The van der Waals surface area contributed by atoms with E-state index in [1.807, 2.05) is 25.1 Å². The van der Waals surface area contributed by atoms with Gasteiger partial charge in [0.25, 0.3) is 0 Å². The number of methoxy groups -OCH3 is 1. The molecule has 0 bridgehead atoms. The molecule has 1 amide bonds. The molecule has 0 saturated carbocycles. The highest BCUT2D eigenvalue weighted by Crippen LogP contribution is 2.19. The van der Waals surface area contributed by atoms with E-state index in [1.54, 1.807) is 20.2 Å². The van der Waals surface area contributed by atoms with E-state index in [4.69, 9.17) is 10.00 Å². The molecule has 0 unspecified atom stereocenters. The first-order valence-electron chi connectivity index (χ1n) is 4.87. The molecule has 4 nitrogen and oxygen atoms in total. The summed E-state index contributed by atoms with van der Waals surface area (Å²) < 4.78 is 5.14. The Kier molecular flexibility index (Phi) is 3.90. The van der Waals surface area contributed by atoms with Crippen LogP contribution in [0.1, 0.15) is 11.1 Å². The minimum atomic E-state index is -0.534. The summed E-state index contributed by atoms with van der Waals surface area (Å²) >= 11 is 0. The third-order valence-electron chi connectivity index (χ3n) is 2.32. The molecule has 0 atom stereocenters. The maximum Gasteiger partial charge on any atom is 0.325 e. The number of hydrogen-bond donors (Lipinski definition) is 0. The van der Waals surface area contributed by atoms with Crippen LogP contribution in [-0.2, 0) is 11.3 Å². The van der Waals surface area contributed by atoms with Crippen LogP contribution in [0, 0.1) is 18.3 Å². The van der Waals surface area contributed by atoms with Gasteiger partial charge in [0.15, 0.2) is 6.07 Å². The van der Waals surface area contributed by atoms with Crippen LogP contribution in [0.5, 0.6) is 5.75 Å². The second-order valence-electron chi connectivity index (χ2n) is 3.58. The zero-order valence-corrected chi connectivity index (χ0v) is 9.65. The molecule has 0 aliphatic rings. The van der Waals surface area contributed by atoms with Crippen molar-refractivity contribution in [3.8, 4) is 11.8 Å². The smallest absolute Gasteiger partial charge is 0.325 e. The maximum atomic E-state index is 11.1. The lowest BCUT2D eigenvalue weighted by atomic mass is 10.1. The first-order valence-corrected chi connectivity index (χ1v) is 4.87. The summed E-state index contributed by atoms with van der Waals surface area (Å²) in [6.07, 6.45) is 0. The fourth-order valence-corrected chi connectivity index (χ4v) is 1.47. The fourth-order valence-electron chi connectivity index (χ4n) is 1.47. The first kappa shape index (κ1) is 12.1. The minimum Gasteiger partial charge on any atom is -0.496 e. The van der Waals surface area contributed by atoms with Crippen molar-refractivity contribution in [2.75, 3.05) is 14.2 Å². The number of nitriles is 1. The van der Waals surface area contributed by atoms with Crippen LogP contribution in [0.2, 0.25) is 0 Å². The lowest BCUT2D eigenvalue weighted by Gasteiger charge is -2.14. The van der Waals surface area contributed by atoms with Gasteiger partial charge in [-0.3, -0.25) is 4.79 Å². The van der Waals surface area contributed by atoms with Crippen molar-refractivity contribution in [1.29, 1.82) is 5.26 Å². The van der Waals surface area contributed by atoms with E-state index in [0.717, 1.165) is 16.9 Å². The Bertz CT molecular complexity index is 435. The molecule has 0 aliphatic carbocycles. The Hall–Kier alpha value is -2.02. The number of benzene rings is 1. The summed E-state index contributed by atoms with van der Waals surface area (Å²) in [6, 6.07) is 7.27. The molecular weight excluding hydrogens is 204 g/mol. The zero-order valence-electron chi connectivity index (χ0n) is 9.65. The SMILES string of the molecule is COc1ccc(CN(C)C(=O)C#N)cc1C. The van der Waals surface area contributed by atoms with Crippen LogP contribution < -0.4 is 4.74 Å². The normalized spacial score (nSPS) is 9.38. The Morgan fingerprint density at radius 3 is 2.75 bits per heavy atom. The van der Waals surface area contributed by atoms with Crippen LogP contribution in [0.15, 0.2) is 18.2 Å². The van der Waals surface area contributed by atoms with E-state index in [1.165, 1.54) is 4.90 Å². The number of ether oxygens (including phenoxy) is 1. The van der Waals surface area contributed by atoms with Crippen molar-refractivity contribution >= 4 is 5.91 Å². The maximum absolute atomic E-state index is 11.1. The quantitative estimate of drug-likeness (QED) is 0.722. The highest BCUT2D eigenvalue weighted by atomic mass is 16.5. The third kappa shape index (κ3) is 2.74. The van der Waals surface area contributed by atoms with Gasteiger partial charge in [0, 0.05) is 13.6 Å². The molecule has 84 valence electrons. The van der Waals surface area contributed by atoms with Gasteiger partial charge in [-0.25, -0.2) is 0 Å². The summed E-state index contributed by atoms with van der Waals surface area (Å²) in [7, 11) is 3.22. The van der Waals surface area contributed by atoms with E-state index in [2.05, 4.69) is 0 Å². The van der Waals surface area contributed by atoms with Gasteiger partial charge < -0.3 is 9.64 Å². The molecule has 0 heterocycles. The predicted molar refractivity (Wildman–Crippen MR) is 59.8 cm³/mol. The number of rotatable bonds is 3. The first-order chi connectivity index (χ1) is 7.58. The van der Waals surface area contributed by atoms with E-state index < -0.39 is 5.91 Å². The average molecular weight is 218 g/mol. The number of hydrogen-bond acceptors (Lipinski definition) is 3. The highest BCUT2D eigenvalue weighted by molar-refractivity contribution is 5.90. The predicted octanol–water partition coefficient (Wildman–Crippen LogP) is 1.49. The summed E-state index contributed by atoms with van der Waals surface area (Å²) in [5.74, 6) is 0.284. The molecular formula is C12H14N2O2. The molecule has 0 spiro atoms. The number of nitrogens with zero attached hydrogens (tertiary/aromatic N) is 2. The van der Waals surface area contributed by atoms with E-state index in [9.17, 15) is 4.79 Å². The minimum absolute atomic E-state index is 0.428. The third-order valence-corrected chi connectivity index (χ3v) is 2.32. The molecule has 0 radical (unpaired) electrons. The van der Waals surface area contributed by atoms with E-state index in [0.29, 0.717) is 6.54 Å². The number of carbonyl (C=O) groups is 1. The van der Waals surface area contributed by atoms with Crippen LogP contribution in [0.4, 0.5) is 0 Å². The zero-order chi connectivity index (χ0) is 12.1. The summed E-state index contributed by atoms with van der Waals surface area (Å²) in [5.41, 5.74) is 1.99. The van der Waals surface area contributed by atoms with Crippen molar-refractivity contribution in [3.63, 3.8) is 0 Å². The molecule has 4 heteroatoms. The van der Waals surface area contributed by atoms with Gasteiger partial charge in [-0.05, 0) is 24.1 Å². The van der Waals surface area contributed by atoms with Crippen molar-refractivity contribution in [2.45, 2.75) is 13.5 Å². The van der Waals surface area contributed by atoms with Crippen LogP contribution in [0.3, 0.4) is 0 Å². The molecule has 0 saturated heterocycles. The molecule has 0 aliphatic heterocycles. The number of aryl methyl sites for hydroxylation is 1. The van der Waals surface area contributed by atoms with Crippen LogP contribution >= 0.6 is 0 Å². The lowest BCUT2D eigenvalue weighted by Crippen LogP contribution is -2.24. The topological polar surface area (TPSA) is 53.3 Å². The summed E-state index contributed by atoms with van der Waals surface area (Å²) in [6.45, 7) is 2.37. The number of carbonyl (C=O) groups excluding carboxylic acids is 1. The monoisotopic (exact) mass is 218 g/mol. The number of amides is 1. The largest absolute Gasteiger partial charge is 0.496 e. The van der Waals surface area contributed by atoms with Gasteiger partial charge in [0.2, 0.25) is 0 Å². The molecule has 16 heavy (non-hydrogen) atoms. The Morgan fingerprint density at radius 2 is 2.25 bits per heavy atom. The van der Waals surface area contributed by atoms with Crippen molar-refractivity contribution < 1.29 is 9.53 Å².